The average molecular weight is 417 g/mol. The minimum absolute atomic E-state index is 0.189. The Labute approximate surface area is 170 Å². The second-order valence-electron chi connectivity index (χ2n) is 6.25. The summed E-state index contributed by atoms with van der Waals surface area (Å²) in [6.07, 6.45) is -3.09. The number of alkyl halides is 3. The number of furan rings is 1. The van der Waals surface area contributed by atoms with Crippen LogP contribution in [0.25, 0.3) is 0 Å². The van der Waals surface area contributed by atoms with Crippen LogP contribution in [0.3, 0.4) is 0 Å². The molecule has 1 aromatic heterocycles. The van der Waals surface area contributed by atoms with Crippen LogP contribution in [0, 0.1) is 0 Å². The highest BCUT2D eigenvalue weighted by molar-refractivity contribution is 6.01. The van der Waals surface area contributed by atoms with E-state index in [1.807, 2.05) is 0 Å². The van der Waals surface area contributed by atoms with Gasteiger partial charge in [-0.3, -0.25) is 9.59 Å². The normalized spacial score (nSPS) is 11.0. The van der Waals surface area contributed by atoms with E-state index in [0.29, 0.717) is 11.4 Å². The predicted octanol–water partition coefficient (Wildman–Crippen LogP) is 4.28. The smallest absolute Gasteiger partial charge is 0.418 e. The molecule has 3 N–H and O–H groups in total. The molecular formula is C21H18F3N3O3. The first-order valence-electron chi connectivity index (χ1n) is 8.94. The van der Waals surface area contributed by atoms with Crippen LogP contribution in [0.4, 0.5) is 24.5 Å². The van der Waals surface area contributed by atoms with Crippen LogP contribution < -0.4 is 16.0 Å². The van der Waals surface area contributed by atoms with Gasteiger partial charge in [-0.1, -0.05) is 24.3 Å². The topological polar surface area (TPSA) is 83.4 Å². The van der Waals surface area contributed by atoms with Crippen LogP contribution in [0.5, 0.6) is 0 Å². The number of nitrogens with one attached hydrogen (secondary N) is 3. The Kier molecular flexibility index (Phi) is 6.41. The molecule has 6 nitrogen and oxygen atoms in total. The summed E-state index contributed by atoms with van der Waals surface area (Å²) in [4.78, 5) is 24.6. The lowest BCUT2D eigenvalue weighted by Crippen LogP contribution is -2.26. The second kappa shape index (κ2) is 9.17. The summed E-state index contributed by atoms with van der Waals surface area (Å²) in [7, 11) is 0. The summed E-state index contributed by atoms with van der Waals surface area (Å²) in [5.74, 6) is -0.494. The van der Waals surface area contributed by atoms with E-state index < -0.39 is 23.6 Å². The SMILES string of the molecule is O=C(CNc1ccccc1C(=O)NCc1ccco1)Nc1ccccc1C(F)(F)F. The minimum Gasteiger partial charge on any atom is -0.467 e. The summed E-state index contributed by atoms with van der Waals surface area (Å²) in [6.45, 7) is -0.135. The van der Waals surface area contributed by atoms with Gasteiger partial charge in [0.15, 0.2) is 0 Å². The van der Waals surface area contributed by atoms with E-state index >= 15 is 0 Å². The van der Waals surface area contributed by atoms with Gasteiger partial charge in [0.2, 0.25) is 5.91 Å². The summed E-state index contributed by atoms with van der Waals surface area (Å²) >= 11 is 0. The van der Waals surface area contributed by atoms with Crippen LogP contribution in [0.1, 0.15) is 21.7 Å². The average Bonchev–Trinajstić information content (AvgIpc) is 3.24. The highest BCUT2D eigenvalue weighted by atomic mass is 19.4. The molecule has 0 aliphatic carbocycles. The van der Waals surface area contributed by atoms with Crippen LogP contribution >= 0.6 is 0 Å². The molecule has 9 heteroatoms. The van der Waals surface area contributed by atoms with Crippen LogP contribution in [-0.4, -0.2) is 18.4 Å². The Hall–Kier alpha value is -3.75. The molecule has 2 aromatic carbocycles. The predicted molar refractivity (Wildman–Crippen MR) is 105 cm³/mol. The molecule has 0 unspecified atom stereocenters. The molecule has 0 spiro atoms. The molecule has 30 heavy (non-hydrogen) atoms. The maximum Gasteiger partial charge on any atom is 0.418 e. The number of carbonyl (C=O) groups excluding carboxylic acids is 2. The van der Waals surface area contributed by atoms with Crippen LogP contribution in [0.2, 0.25) is 0 Å². The quantitative estimate of drug-likeness (QED) is 0.536. The van der Waals surface area contributed by atoms with Crippen molar-refractivity contribution in [1.82, 2.24) is 5.32 Å². The van der Waals surface area contributed by atoms with E-state index in [1.54, 1.807) is 36.4 Å². The van der Waals surface area contributed by atoms with Gasteiger partial charge < -0.3 is 20.4 Å². The molecule has 1 heterocycles. The fraction of sp³-hybridized carbons (Fsp3) is 0.143. The van der Waals surface area contributed by atoms with Gasteiger partial charge in [-0.2, -0.15) is 13.2 Å². The highest BCUT2D eigenvalue weighted by Gasteiger charge is 2.33. The van der Waals surface area contributed by atoms with Gasteiger partial charge in [0.25, 0.3) is 5.91 Å². The lowest BCUT2D eigenvalue weighted by Gasteiger charge is -2.15. The largest absolute Gasteiger partial charge is 0.467 e. The molecule has 0 saturated carbocycles. The lowest BCUT2D eigenvalue weighted by molar-refractivity contribution is -0.137. The number of rotatable bonds is 7. The van der Waals surface area contributed by atoms with Gasteiger partial charge in [0.05, 0.1) is 36.2 Å². The number of para-hydroxylation sites is 2. The summed E-state index contributed by atoms with van der Waals surface area (Å²) in [5, 5.41) is 7.73. The number of anilines is 2. The van der Waals surface area contributed by atoms with E-state index in [4.69, 9.17) is 4.42 Å². The molecule has 0 atom stereocenters. The standard InChI is InChI=1S/C21H18F3N3O3/c22-21(23,24)16-8-2-4-10-18(16)27-19(28)13-25-17-9-3-1-7-15(17)20(29)26-12-14-6-5-11-30-14/h1-11,25H,12-13H2,(H,26,29)(H,27,28). The van der Waals surface area contributed by atoms with Crippen molar-refractivity contribution in [3.05, 3.63) is 83.8 Å². The number of carbonyl (C=O) groups is 2. The number of halogens is 3. The number of benzene rings is 2. The molecule has 2 amide bonds. The first-order chi connectivity index (χ1) is 14.3. The van der Waals surface area contributed by atoms with Crippen molar-refractivity contribution in [2.75, 3.05) is 17.2 Å². The first-order valence-corrected chi connectivity index (χ1v) is 8.94. The zero-order chi connectivity index (χ0) is 21.6. The Bertz CT molecular complexity index is 1020. The molecule has 0 saturated heterocycles. The van der Waals surface area contributed by atoms with E-state index in [-0.39, 0.29) is 24.3 Å². The van der Waals surface area contributed by atoms with E-state index in [0.717, 1.165) is 6.07 Å². The third-order valence-electron chi connectivity index (χ3n) is 4.12. The van der Waals surface area contributed by atoms with Crippen molar-refractivity contribution in [2.24, 2.45) is 0 Å². The Balaban J connectivity index is 1.62. The Morgan fingerprint density at radius 1 is 0.900 bits per heavy atom. The third kappa shape index (κ3) is 5.40. The molecule has 0 fully saturated rings. The molecule has 156 valence electrons. The Morgan fingerprint density at radius 2 is 1.60 bits per heavy atom. The van der Waals surface area contributed by atoms with E-state index in [2.05, 4.69) is 16.0 Å². The molecule has 0 aliphatic rings. The molecular weight excluding hydrogens is 399 g/mol. The van der Waals surface area contributed by atoms with Gasteiger partial charge in [0.1, 0.15) is 5.76 Å². The summed E-state index contributed by atoms with van der Waals surface area (Å²) in [5.41, 5.74) is -0.612. The van der Waals surface area contributed by atoms with Crippen molar-refractivity contribution in [1.29, 1.82) is 0 Å². The fourth-order valence-electron chi connectivity index (χ4n) is 2.72. The van der Waals surface area contributed by atoms with Crippen molar-refractivity contribution in [2.45, 2.75) is 12.7 Å². The number of hydrogen-bond acceptors (Lipinski definition) is 4. The van der Waals surface area contributed by atoms with Crippen molar-refractivity contribution < 1.29 is 27.2 Å². The van der Waals surface area contributed by atoms with E-state index in [1.165, 1.54) is 24.5 Å². The van der Waals surface area contributed by atoms with Crippen LogP contribution in [0.15, 0.2) is 71.3 Å². The lowest BCUT2D eigenvalue weighted by atomic mass is 10.1. The summed E-state index contributed by atoms with van der Waals surface area (Å²) < 4.78 is 44.3. The second-order valence-corrected chi connectivity index (χ2v) is 6.25. The van der Waals surface area contributed by atoms with Gasteiger partial charge >= 0.3 is 6.18 Å². The van der Waals surface area contributed by atoms with Crippen molar-refractivity contribution in [3.63, 3.8) is 0 Å². The van der Waals surface area contributed by atoms with Crippen molar-refractivity contribution in [3.8, 4) is 0 Å². The minimum atomic E-state index is -4.59. The maximum absolute atomic E-state index is 13.0. The van der Waals surface area contributed by atoms with Gasteiger partial charge in [0, 0.05) is 5.69 Å². The van der Waals surface area contributed by atoms with Gasteiger partial charge in [-0.25, -0.2) is 0 Å². The monoisotopic (exact) mass is 417 g/mol. The Morgan fingerprint density at radius 3 is 2.30 bits per heavy atom. The fourth-order valence-corrected chi connectivity index (χ4v) is 2.72. The van der Waals surface area contributed by atoms with Gasteiger partial charge in [-0.15, -0.1) is 0 Å². The van der Waals surface area contributed by atoms with E-state index in [9.17, 15) is 22.8 Å². The molecule has 3 aromatic rings. The highest BCUT2D eigenvalue weighted by Crippen LogP contribution is 2.34. The van der Waals surface area contributed by atoms with Crippen molar-refractivity contribution >= 4 is 23.2 Å². The number of hydrogen-bond donors (Lipinski definition) is 3. The molecule has 0 aliphatic heterocycles. The summed E-state index contributed by atoms with van der Waals surface area (Å²) in [6, 6.07) is 14.6. The third-order valence-corrected chi connectivity index (χ3v) is 4.12. The van der Waals surface area contributed by atoms with Crippen LogP contribution in [-0.2, 0) is 17.5 Å². The first kappa shape index (κ1) is 21.0. The molecule has 0 bridgehead atoms. The zero-order valence-corrected chi connectivity index (χ0v) is 15.6. The number of amides is 2. The molecule has 0 radical (unpaired) electrons. The maximum atomic E-state index is 13.0. The molecule has 3 rings (SSSR count). The van der Waals surface area contributed by atoms with Gasteiger partial charge in [-0.05, 0) is 36.4 Å². The zero-order valence-electron chi connectivity index (χ0n) is 15.6.